The van der Waals surface area contributed by atoms with Crippen LogP contribution in [0.2, 0.25) is 0 Å². The molecule has 0 fully saturated rings. The van der Waals surface area contributed by atoms with Crippen molar-refractivity contribution in [1.82, 2.24) is 14.9 Å². The predicted octanol–water partition coefficient (Wildman–Crippen LogP) is 2.24. The van der Waals surface area contributed by atoms with Crippen LogP contribution in [0.5, 0.6) is 11.5 Å². The number of hydrogen-bond acceptors (Lipinski definition) is 5. The highest BCUT2D eigenvalue weighted by molar-refractivity contribution is 7.71. The van der Waals surface area contributed by atoms with E-state index in [1.807, 2.05) is 6.92 Å². The number of benzene rings is 1. The Balaban J connectivity index is 2.29. The summed E-state index contributed by atoms with van der Waals surface area (Å²) < 4.78 is 7.25. The number of aromatic amines is 1. The van der Waals surface area contributed by atoms with Gasteiger partial charge >= 0.3 is 0 Å². The minimum absolute atomic E-state index is 0.107. The number of phenolic OH excluding ortho intramolecular Hbond substituents is 1. The molecule has 1 aromatic carbocycles. The van der Waals surface area contributed by atoms with Gasteiger partial charge in [0, 0.05) is 0 Å². The zero-order valence-electron chi connectivity index (χ0n) is 10.6. The highest BCUT2D eigenvalue weighted by atomic mass is 32.1. The number of nitrogens with zero attached hydrogens (tertiary/aromatic N) is 3. The number of nitrogens with one attached hydrogen (secondary N) is 1. The number of ether oxygens (including phenoxy) is 1. The summed E-state index contributed by atoms with van der Waals surface area (Å²) in [4.78, 5) is 0. The molecule has 0 saturated heterocycles. The van der Waals surface area contributed by atoms with Crippen molar-refractivity contribution in [3.63, 3.8) is 0 Å². The standard InChI is InChI=1S/C12H14N4O2S/c1-3-18-11-6-9(4-5-10(11)17)7-13-16-8(2)14-15-12(16)19/h4-7,17H,3H2,1-2H3,(H,15,19). The average Bonchev–Trinajstić information content (AvgIpc) is 2.70. The van der Waals surface area contributed by atoms with E-state index in [-0.39, 0.29) is 5.75 Å². The normalized spacial score (nSPS) is 11.1. The van der Waals surface area contributed by atoms with E-state index in [2.05, 4.69) is 15.3 Å². The van der Waals surface area contributed by atoms with Gasteiger partial charge in [-0.15, -0.1) is 0 Å². The lowest BCUT2D eigenvalue weighted by atomic mass is 10.2. The quantitative estimate of drug-likeness (QED) is 0.664. The maximum atomic E-state index is 9.60. The van der Waals surface area contributed by atoms with Crippen LogP contribution in [-0.4, -0.2) is 32.8 Å². The minimum Gasteiger partial charge on any atom is -0.504 e. The lowest BCUT2D eigenvalue weighted by Crippen LogP contribution is -1.95. The molecule has 0 amide bonds. The van der Waals surface area contributed by atoms with Crippen LogP contribution in [-0.2, 0) is 0 Å². The van der Waals surface area contributed by atoms with Crippen molar-refractivity contribution in [1.29, 1.82) is 0 Å². The highest BCUT2D eigenvalue weighted by Gasteiger charge is 2.02. The lowest BCUT2D eigenvalue weighted by molar-refractivity contribution is 0.318. The summed E-state index contributed by atoms with van der Waals surface area (Å²) in [6, 6.07) is 5.01. The Labute approximate surface area is 115 Å². The van der Waals surface area contributed by atoms with Gasteiger partial charge < -0.3 is 9.84 Å². The Morgan fingerprint density at radius 2 is 2.37 bits per heavy atom. The summed E-state index contributed by atoms with van der Waals surface area (Å²) in [7, 11) is 0. The monoisotopic (exact) mass is 278 g/mol. The molecule has 6 nitrogen and oxygen atoms in total. The highest BCUT2D eigenvalue weighted by Crippen LogP contribution is 2.26. The van der Waals surface area contributed by atoms with Gasteiger partial charge in [0.15, 0.2) is 11.5 Å². The van der Waals surface area contributed by atoms with E-state index in [0.717, 1.165) is 5.56 Å². The molecular formula is C12H14N4O2S. The van der Waals surface area contributed by atoms with Crippen molar-refractivity contribution in [2.75, 3.05) is 6.61 Å². The number of aryl methyl sites for hydroxylation is 1. The minimum atomic E-state index is 0.107. The Kier molecular flexibility index (Phi) is 3.96. The second-order valence-electron chi connectivity index (χ2n) is 3.79. The van der Waals surface area contributed by atoms with Crippen molar-refractivity contribution < 1.29 is 9.84 Å². The molecule has 0 radical (unpaired) electrons. The maximum Gasteiger partial charge on any atom is 0.216 e. The number of rotatable bonds is 4. The maximum absolute atomic E-state index is 9.60. The molecule has 1 aromatic heterocycles. The van der Waals surface area contributed by atoms with E-state index in [1.165, 1.54) is 4.68 Å². The number of H-pyrrole nitrogens is 1. The fourth-order valence-corrected chi connectivity index (χ4v) is 1.74. The molecule has 0 atom stereocenters. The molecule has 0 aliphatic rings. The molecule has 100 valence electrons. The third kappa shape index (κ3) is 3.00. The number of aromatic nitrogens is 3. The summed E-state index contributed by atoms with van der Waals surface area (Å²) in [6.45, 7) is 4.14. The smallest absolute Gasteiger partial charge is 0.216 e. The van der Waals surface area contributed by atoms with Crippen LogP contribution in [0.4, 0.5) is 0 Å². The van der Waals surface area contributed by atoms with Crippen molar-refractivity contribution in [2.45, 2.75) is 13.8 Å². The largest absolute Gasteiger partial charge is 0.504 e. The Morgan fingerprint density at radius 1 is 1.58 bits per heavy atom. The van der Waals surface area contributed by atoms with Crippen LogP contribution in [0, 0.1) is 11.7 Å². The van der Waals surface area contributed by atoms with Gasteiger partial charge in [0.1, 0.15) is 5.82 Å². The van der Waals surface area contributed by atoms with E-state index < -0.39 is 0 Å². The first kappa shape index (κ1) is 13.3. The van der Waals surface area contributed by atoms with E-state index in [9.17, 15) is 5.11 Å². The van der Waals surface area contributed by atoms with Gasteiger partial charge in [-0.2, -0.15) is 14.9 Å². The van der Waals surface area contributed by atoms with Crippen molar-refractivity contribution >= 4 is 18.4 Å². The van der Waals surface area contributed by atoms with Gasteiger partial charge in [-0.3, -0.25) is 5.10 Å². The number of aromatic hydroxyl groups is 1. The molecule has 1 heterocycles. The molecule has 0 spiro atoms. The third-order valence-corrected chi connectivity index (χ3v) is 2.68. The van der Waals surface area contributed by atoms with E-state index >= 15 is 0 Å². The van der Waals surface area contributed by atoms with E-state index in [0.29, 0.717) is 23.0 Å². The summed E-state index contributed by atoms with van der Waals surface area (Å²) in [5.41, 5.74) is 0.795. The predicted molar refractivity (Wildman–Crippen MR) is 74.4 cm³/mol. The van der Waals surface area contributed by atoms with E-state index in [1.54, 1.807) is 31.3 Å². The molecule has 0 aliphatic heterocycles. The van der Waals surface area contributed by atoms with Crippen molar-refractivity contribution in [3.05, 3.63) is 34.4 Å². The topological polar surface area (TPSA) is 75.4 Å². The number of hydrogen-bond donors (Lipinski definition) is 2. The summed E-state index contributed by atoms with van der Waals surface area (Å²) in [5.74, 6) is 1.21. The summed E-state index contributed by atoms with van der Waals surface area (Å²) in [6.07, 6.45) is 1.63. The second kappa shape index (κ2) is 5.66. The van der Waals surface area contributed by atoms with Gasteiger partial charge in [0.05, 0.1) is 12.8 Å². The van der Waals surface area contributed by atoms with Crippen LogP contribution < -0.4 is 4.74 Å². The van der Waals surface area contributed by atoms with E-state index in [4.69, 9.17) is 17.0 Å². The Bertz CT molecular complexity index is 660. The third-order valence-electron chi connectivity index (χ3n) is 2.42. The average molecular weight is 278 g/mol. The fourth-order valence-electron chi connectivity index (χ4n) is 1.51. The van der Waals surface area contributed by atoms with Crippen molar-refractivity contribution in [2.24, 2.45) is 5.10 Å². The molecule has 0 aliphatic carbocycles. The zero-order valence-corrected chi connectivity index (χ0v) is 11.4. The molecule has 0 saturated carbocycles. The first-order valence-corrected chi connectivity index (χ1v) is 6.17. The molecule has 19 heavy (non-hydrogen) atoms. The van der Waals surface area contributed by atoms with Crippen LogP contribution in [0.3, 0.4) is 0 Å². The summed E-state index contributed by atoms with van der Waals surface area (Å²) in [5, 5.41) is 20.4. The SMILES string of the molecule is CCOc1cc(C=Nn2c(C)n[nH]c2=S)ccc1O. The van der Waals surface area contributed by atoms with Gasteiger partial charge in [-0.25, -0.2) is 0 Å². The summed E-state index contributed by atoms with van der Waals surface area (Å²) >= 11 is 5.04. The molecule has 2 N–H and O–H groups in total. The first-order chi connectivity index (χ1) is 9.11. The Morgan fingerprint density at radius 3 is 3.00 bits per heavy atom. The van der Waals surface area contributed by atoms with Gasteiger partial charge in [0.25, 0.3) is 0 Å². The van der Waals surface area contributed by atoms with Crippen molar-refractivity contribution in [3.8, 4) is 11.5 Å². The molecular weight excluding hydrogens is 264 g/mol. The molecule has 7 heteroatoms. The van der Waals surface area contributed by atoms with Crippen LogP contribution >= 0.6 is 12.2 Å². The fraction of sp³-hybridized carbons (Fsp3) is 0.250. The van der Waals surface area contributed by atoms with Gasteiger partial charge in [0.2, 0.25) is 4.77 Å². The zero-order chi connectivity index (χ0) is 13.8. The first-order valence-electron chi connectivity index (χ1n) is 5.76. The molecule has 0 bridgehead atoms. The van der Waals surface area contributed by atoms with Gasteiger partial charge in [-0.1, -0.05) is 0 Å². The second-order valence-corrected chi connectivity index (χ2v) is 4.18. The number of phenols is 1. The molecule has 2 rings (SSSR count). The van der Waals surface area contributed by atoms with Crippen LogP contribution in [0.15, 0.2) is 23.3 Å². The molecule has 0 unspecified atom stereocenters. The lowest BCUT2D eigenvalue weighted by Gasteiger charge is -2.05. The van der Waals surface area contributed by atoms with Crippen LogP contribution in [0.25, 0.3) is 0 Å². The molecule has 2 aromatic rings. The Hall–Kier alpha value is -2.15. The van der Waals surface area contributed by atoms with Crippen LogP contribution in [0.1, 0.15) is 18.3 Å². The van der Waals surface area contributed by atoms with Gasteiger partial charge in [-0.05, 0) is 49.8 Å².